The van der Waals surface area contributed by atoms with Crippen molar-refractivity contribution in [2.24, 2.45) is 5.92 Å². The molecule has 1 saturated heterocycles. The van der Waals surface area contributed by atoms with Crippen LogP contribution < -0.4 is 10.2 Å². The molecule has 1 N–H and O–H groups in total. The van der Waals surface area contributed by atoms with E-state index in [2.05, 4.69) is 65.2 Å². The highest BCUT2D eigenvalue weighted by molar-refractivity contribution is 5.93. The van der Waals surface area contributed by atoms with E-state index < -0.39 is 0 Å². The molecule has 6 heteroatoms. The van der Waals surface area contributed by atoms with Gasteiger partial charge in [-0.05, 0) is 30.5 Å². The molecule has 1 fully saturated rings. The lowest BCUT2D eigenvalue weighted by atomic mass is 10.2. The van der Waals surface area contributed by atoms with Crippen LogP contribution in [0.2, 0.25) is 0 Å². The predicted octanol–water partition coefficient (Wildman–Crippen LogP) is 2.82. The van der Waals surface area contributed by atoms with E-state index in [1.165, 1.54) is 11.3 Å². The van der Waals surface area contributed by atoms with Crippen LogP contribution in [0.25, 0.3) is 0 Å². The number of rotatable bonds is 5. The van der Waals surface area contributed by atoms with Gasteiger partial charge in [0.15, 0.2) is 0 Å². The maximum atomic E-state index is 12.7. The number of hydrogen-bond donors (Lipinski definition) is 1. The topological polar surface area (TPSA) is 61.4 Å². The van der Waals surface area contributed by atoms with E-state index in [0.717, 1.165) is 19.6 Å². The molecule has 0 unspecified atom stereocenters. The number of hydrogen-bond acceptors (Lipinski definition) is 5. The van der Waals surface area contributed by atoms with Crippen LogP contribution in [0.4, 0.5) is 11.6 Å². The first-order chi connectivity index (χ1) is 12.5. The molecule has 0 spiro atoms. The van der Waals surface area contributed by atoms with Crippen molar-refractivity contribution in [2.75, 3.05) is 42.9 Å². The lowest BCUT2D eigenvalue weighted by molar-refractivity contribution is 0.0746. The summed E-state index contributed by atoms with van der Waals surface area (Å²) in [6, 6.07) is 8.49. The minimum absolute atomic E-state index is 0.00398. The molecular weight excluding hydrogens is 326 g/mol. The first-order valence-electron chi connectivity index (χ1n) is 9.20. The highest BCUT2D eigenvalue weighted by Gasteiger charge is 2.22. The van der Waals surface area contributed by atoms with Crippen molar-refractivity contribution in [1.29, 1.82) is 0 Å². The highest BCUT2D eigenvalue weighted by atomic mass is 16.2. The molecule has 0 radical (unpaired) electrons. The Hall–Kier alpha value is -2.63. The number of anilines is 2. The quantitative estimate of drug-likeness (QED) is 0.896. The van der Waals surface area contributed by atoms with Crippen molar-refractivity contribution >= 4 is 17.5 Å². The van der Waals surface area contributed by atoms with E-state index in [0.29, 0.717) is 30.5 Å². The van der Waals surface area contributed by atoms with E-state index in [1.807, 2.05) is 4.90 Å². The number of carbonyl (C=O) groups is 1. The smallest absolute Gasteiger partial charge is 0.257 e. The third-order valence-electron chi connectivity index (χ3n) is 4.50. The van der Waals surface area contributed by atoms with Crippen LogP contribution in [0.5, 0.6) is 0 Å². The number of nitrogens with one attached hydrogen (secondary N) is 1. The van der Waals surface area contributed by atoms with Crippen molar-refractivity contribution in [3.63, 3.8) is 0 Å². The van der Waals surface area contributed by atoms with E-state index in [1.54, 1.807) is 12.4 Å². The van der Waals surface area contributed by atoms with Gasteiger partial charge in [-0.2, -0.15) is 0 Å². The molecule has 2 heterocycles. The van der Waals surface area contributed by atoms with Crippen molar-refractivity contribution in [1.82, 2.24) is 14.9 Å². The number of benzene rings is 1. The molecule has 138 valence electrons. The Kier molecular flexibility index (Phi) is 5.71. The third-order valence-corrected chi connectivity index (χ3v) is 4.50. The molecule has 0 atom stereocenters. The predicted molar refractivity (Wildman–Crippen MR) is 105 cm³/mol. The summed E-state index contributed by atoms with van der Waals surface area (Å²) in [6.07, 6.45) is 3.23. The molecule has 6 nitrogen and oxygen atoms in total. The Bertz CT molecular complexity index is 736. The standard InChI is InChI=1S/C20H27N5O/c1-15(2)12-21-20-22-13-17(14-23-20)19(26)25-9-7-24(8-10-25)18-6-4-5-16(3)11-18/h4-6,11,13-15H,7-10,12H2,1-3H3,(H,21,22,23). The summed E-state index contributed by atoms with van der Waals surface area (Å²) in [5.41, 5.74) is 3.02. The lowest BCUT2D eigenvalue weighted by Gasteiger charge is -2.36. The largest absolute Gasteiger partial charge is 0.368 e. The van der Waals surface area contributed by atoms with Crippen LogP contribution in [0.3, 0.4) is 0 Å². The van der Waals surface area contributed by atoms with Crippen LogP contribution in [0.1, 0.15) is 29.8 Å². The zero-order valence-corrected chi connectivity index (χ0v) is 15.8. The van der Waals surface area contributed by atoms with Gasteiger partial charge in [0.1, 0.15) is 0 Å². The SMILES string of the molecule is Cc1cccc(N2CCN(C(=O)c3cnc(NCC(C)C)nc3)CC2)c1. The molecule has 0 bridgehead atoms. The molecule has 1 aliphatic heterocycles. The minimum Gasteiger partial charge on any atom is -0.368 e. The van der Waals surface area contributed by atoms with Gasteiger partial charge in [0.2, 0.25) is 5.95 Å². The maximum absolute atomic E-state index is 12.7. The average Bonchev–Trinajstić information content (AvgIpc) is 2.66. The van der Waals surface area contributed by atoms with Crippen molar-refractivity contribution in [3.8, 4) is 0 Å². The Labute approximate surface area is 155 Å². The van der Waals surface area contributed by atoms with Crippen LogP contribution in [0, 0.1) is 12.8 Å². The third kappa shape index (κ3) is 4.50. The van der Waals surface area contributed by atoms with Gasteiger partial charge < -0.3 is 15.1 Å². The fourth-order valence-electron chi connectivity index (χ4n) is 3.00. The molecule has 1 aromatic carbocycles. The number of nitrogens with zero attached hydrogens (tertiary/aromatic N) is 4. The van der Waals surface area contributed by atoms with Crippen LogP contribution in [-0.4, -0.2) is 53.5 Å². The zero-order valence-electron chi connectivity index (χ0n) is 15.8. The van der Waals surface area contributed by atoms with E-state index in [9.17, 15) is 4.79 Å². The second kappa shape index (κ2) is 8.17. The van der Waals surface area contributed by atoms with E-state index in [4.69, 9.17) is 0 Å². The zero-order chi connectivity index (χ0) is 18.5. The lowest BCUT2D eigenvalue weighted by Crippen LogP contribution is -2.48. The summed E-state index contributed by atoms with van der Waals surface area (Å²) >= 11 is 0. The maximum Gasteiger partial charge on any atom is 0.257 e. The van der Waals surface area contributed by atoms with Crippen molar-refractivity contribution in [3.05, 3.63) is 47.8 Å². The highest BCUT2D eigenvalue weighted by Crippen LogP contribution is 2.18. The fourth-order valence-corrected chi connectivity index (χ4v) is 3.00. The molecule has 0 aliphatic carbocycles. The molecule has 1 amide bonds. The van der Waals surface area contributed by atoms with Gasteiger partial charge >= 0.3 is 0 Å². The van der Waals surface area contributed by atoms with Crippen LogP contribution >= 0.6 is 0 Å². The van der Waals surface area contributed by atoms with Gasteiger partial charge in [0.25, 0.3) is 5.91 Å². The Balaban J connectivity index is 1.56. The van der Waals surface area contributed by atoms with Crippen molar-refractivity contribution < 1.29 is 4.79 Å². The monoisotopic (exact) mass is 353 g/mol. The van der Waals surface area contributed by atoms with Gasteiger partial charge in [-0.3, -0.25) is 4.79 Å². The van der Waals surface area contributed by atoms with Gasteiger partial charge in [0, 0.05) is 50.8 Å². The number of amides is 1. The fraction of sp³-hybridized carbons (Fsp3) is 0.450. The summed E-state index contributed by atoms with van der Waals surface area (Å²) < 4.78 is 0. The molecule has 26 heavy (non-hydrogen) atoms. The van der Waals surface area contributed by atoms with Crippen molar-refractivity contribution in [2.45, 2.75) is 20.8 Å². The molecule has 3 rings (SSSR count). The van der Waals surface area contributed by atoms with E-state index >= 15 is 0 Å². The Morgan fingerprint density at radius 3 is 2.46 bits per heavy atom. The number of piperazine rings is 1. The second-order valence-corrected chi connectivity index (χ2v) is 7.19. The van der Waals surface area contributed by atoms with Gasteiger partial charge in [-0.15, -0.1) is 0 Å². The summed E-state index contributed by atoms with van der Waals surface area (Å²) in [4.78, 5) is 25.4. The summed E-state index contributed by atoms with van der Waals surface area (Å²) in [7, 11) is 0. The van der Waals surface area contributed by atoms with E-state index in [-0.39, 0.29) is 5.91 Å². The molecule has 1 aliphatic rings. The molecule has 0 saturated carbocycles. The molecule has 2 aromatic rings. The summed E-state index contributed by atoms with van der Waals surface area (Å²) in [5, 5.41) is 3.16. The summed E-state index contributed by atoms with van der Waals surface area (Å²) in [6.45, 7) is 10.3. The Morgan fingerprint density at radius 1 is 1.15 bits per heavy atom. The molecular formula is C20H27N5O. The first kappa shape index (κ1) is 18.2. The summed E-state index contributed by atoms with van der Waals surface area (Å²) in [5.74, 6) is 1.09. The van der Waals surface area contributed by atoms with Gasteiger partial charge in [-0.25, -0.2) is 9.97 Å². The number of carbonyl (C=O) groups excluding carboxylic acids is 1. The normalized spacial score (nSPS) is 14.6. The minimum atomic E-state index is 0.00398. The van der Waals surface area contributed by atoms with Crippen LogP contribution in [0.15, 0.2) is 36.7 Å². The average molecular weight is 353 g/mol. The van der Waals surface area contributed by atoms with Gasteiger partial charge in [-0.1, -0.05) is 26.0 Å². The second-order valence-electron chi connectivity index (χ2n) is 7.19. The molecule has 1 aromatic heterocycles. The van der Waals surface area contributed by atoms with Crippen LogP contribution in [-0.2, 0) is 0 Å². The Morgan fingerprint density at radius 2 is 1.85 bits per heavy atom. The first-order valence-corrected chi connectivity index (χ1v) is 9.20. The number of aromatic nitrogens is 2. The number of aryl methyl sites for hydroxylation is 1. The van der Waals surface area contributed by atoms with Gasteiger partial charge in [0.05, 0.1) is 5.56 Å².